The third kappa shape index (κ3) is 4.95. The van der Waals surface area contributed by atoms with Crippen LogP contribution in [-0.4, -0.2) is 0 Å². The van der Waals surface area contributed by atoms with Gasteiger partial charge in [0.1, 0.15) is 0 Å². The smallest absolute Gasteiger partial charge is 1.00 e. The number of halogens is 3. The van der Waals surface area contributed by atoms with Crippen molar-refractivity contribution in [1.82, 2.24) is 0 Å². The molecule has 0 aliphatic heterocycles. The van der Waals surface area contributed by atoms with Crippen LogP contribution in [0, 0.1) is 11.3 Å². The van der Waals surface area contributed by atoms with Crippen molar-refractivity contribution in [2.24, 2.45) is 11.3 Å². The van der Waals surface area contributed by atoms with Crippen LogP contribution in [-0.2, 0) is 25.9 Å². The van der Waals surface area contributed by atoms with Gasteiger partial charge in [-0.25, -0.2) is 0 Å². The van der Waals surface area contributed by atoms with Crippen molar-refractivity contribution in [2.45, 2.75) is 50.2 Å². The Balaban J connectivity index is 0.00000280. The maximum atomic E-state index is 2.55. The van der Waals surface area contributed by atoms with Crippen LogP contribution in [0.1, 0.15) is 52.2 Å². The summed E-state index contributed by atoms with van der Waals surface area (Å²) in [6.07, 6.45) is 8.55. The maximum absolute atomic E-state index is 2.55. The van der Waals surface area contributed by atoms with Crippen molar-refractivity contribution in [3.8, 4) is 0 Å². The van der Waals surface area contributed by atoms with Crippen LogP contribution in [0.4, 0.5) is 0 Å². The summed E-state index contributed by atoms with van der Waals surface area (Å²) in [6.45, 7) is 11.8. The van der Waals surface area contributed by atoms with Crippen LogP contribution < -0.4 is 37.2 Å². The zero-order valence-corrected chi connectivity index (χ0v) is 22.3. The zero-order valence-electron chi connectivity index (χ0n) is 18.4. The Bertz CT molecular complexity index is 798. The average Bonchev–Trinajstić information content (AvgIpc) is 3.05. The van der Waals surface area contributed by atoms with E-state index in [9.17, 15) is 0 Å². The van der Waals surface area contributed by atoms with Crippen molar-refractivity contribution in [3.05, 3.63) is 95.6 Å². The molecular weight excluding hydrogens is 467 g/mol. The molecule has 0 bridgehead atoms. The Labute approximate surface area is 213 Å². The average molecular weight is 498 g/mol. The fourth-order valence-corrected chi connectivity index (χ4v) is 6.30. The van der Waals surface area contributed by atoms with Crippen LogP contribution in [0.3, 0.4) is 0 Å². The summed E-state index contributed by atoms with van der Waals surface area (Å²) in [4.78, 5) is 0. The standard InChI is InChI=1S/C26H31.3ClH.Ti/c1-6-20(2)21-17-18-24(19-21)26(25(3,4)5,22-13-9-7-10-14-22)23-15-11-8-12-16-23;;;;/h7-20H,6H2,1-5H3;3*1H;/q;;;;+3/p-3. The van der Waals surface area contributed by atoms with Gasteiger partial charge in [0.2, 0.25) is 0 Å². The molecule has 0 radical (unpaired) electrons. The van der Waals surface area contributed by atoms with E-state index in [1.165, 1.54) is 23.1 Å². The van der Waals surface area contributed by atoms with Crippen molar-refractivity contribution < 1.29 is 57.7 Å². The Hall–Kier alpha value is -0.496. The number of hydrogen-bond acceptors (Lipinski definition) is 0. The second-order valence-electron chi connectivity index (χ2n) is 8.89. The Morgan fingerprint density at radius 1 is 0.833 bits per heavy atom. The van der Waals surface area contributed by atoms with Crippen LogP contribution in [0.15, 0.2) is 84.5 Å². The molecule has 0 N–H and O–H groups in total. The van der Waals surface area contributed by atoms with Crippen molar-refractivity contribution in [3.63, 3.8) is 0 Å². The van der Waals surface area contributed by atoms with Crippen molar-refractivity contribution in [2.75, 3.05) is 0 Å². The Morgan fingerprint density at radius 2 is 1.27 bits per heavy atom. The summed E-state index contributed by atoms with van der Waals surface area (Å²) in [7, 11) is 0. The van der Waals surface area contributed by atoms with Gasteiger partial charge in [0.05, 0.1) is 0 Å². The fourth-order valence-electron chi connectivity index (χ4n) is 4.87. The first kappa shape index (κ1) is 29.5. The molecule has 0 fully saturated rings. The molecule has 0 heterocycles. The molecule has 2 aromatic rings. The molecule has 0 amide bonds. The molecule has 0 saturated heterocycles. The molecule has 30 heavy (non-hydrogen) atoms. The third-order valence-corrected chi connectivity index (χ3v) is 7.34. The SMILES string of the molecule is CCC(C)C1=C[C]([Ti+3])(C(c2ccccc2)(c2ccccc2)C(C)(C)C)C=C1.[Cl-].[Cl-].[Cl-]. The van der Waals surface area contributed by atoms with Gasteiger partial charge in [-0.15, -0.1) is 0 Å². The number of benzene rings is 2. The molecule has 0 spiro atoms. The molecule has 2 atom stereocenters. The van der Waals surface area contributed by atoms with Crippen LogP contribution in [0.25, 0.3) is 0 Å². The molecule has 0 aromatic heterocycles. The van der Waals surface area contributed by atoms with Gasteiger partial charge in [-0.3, -0.25) is 0 Å². The molecule has 0 saturated carbocycles. The largest absolute Gasteiger partial charge is 1.00 e. The van der Waals surface area contributed by atoms with E-state index in [0.717, 1.165) is 0 Å². The van der Waals surface area contributed by atoms with E-state index < -0.39 is 0 Å². The molecule has 0 nitrogen and oxygen atoms in total. The van der Waals surface area contributed by atoms with Crippen molar-refractivity contribution >= 4 is 0 Å². The van der Waals surface area contributed by atoms with E-state index in [1.54, 1.807) is 0 Å². The van der Waals surface area contributed by atoms with Gasteiger partial charge in [0.15, 0.2) is 0 Å². The first-order chi connectivity index (χ1) is 12.8. The normalized spacial score (nSPS) is 19.1. The van der Waals surface area contributed by atoms with Gasteiger partial charge in [-0.2, -0.15) is 0 Å². The number of allylic oxidation sites excluding steroid dienone is 4. The number of rotatable bonds is 5. The van der Waals surface area contributed by atoms with Gasteiger partial charge in [-0.1, -0.05) is 0 Å². The van der Waals surface area contributed by atoms with Gasteiger partial charge in [0.25, 0.3) is 0 Å². The molecular formula is C26H31Cl3Ti. The summed E-state index contributed by atoms with van der Waals surface area (Å²) in [5, 5.41) is 0. The summed E-state index contributed by atoms with van der Waals surface area (Å²) in [5.74, 6) is 0.590. The minimum Gasteiger partial charge on any atom is -1.00 e. The molecule has 3 rings (SSSR count). The molecule has 160 valence electrons. The van der Waals surface area contributed by atoms with Crippen molar-refractivity contribution in [1.29, 1.82) is 0 Å². The summed E-state index contributed by atoms with van der Waals surface area (Å²) < 4.78 is -0.0906. The monoisotopic (exact) mass is 496 g/mol. The van der Waals surface area contributed by atoms with Crippen LogP contribution in [0.5, 0.6) is 0 Å². The molecule has 4 heteroatoms. The molecule has 2 unspecified atom stereocenters. The van der Waals surface area contributed by atoms with Crippen LogP contribution in [0.2, 0.25) is 3.72 Å². The van der Waals surface area contributed by atoms with Gasteiger partial charge >= 0.3 is 178 Å². The van der Waals surface area contributed by atoms with E-state index in [4.69, 9.17) is 0 Å². The second kappa shape index (κ2) is 11.4. The summed E-state index contributed by atoms with van der Waals surface area (Å²) >= 11 is 2.42. The quantitative estimate of drug-likeness (QED) is 0.431. The fraction of sp³-hybridized carbons (Fsp3) is 0.385. The van der Waals surface area contributed by atoms with Gasteiger partial charge in [0, 0.05) is 0 Å². The Morgan fingerprint density at radius 3 is 1.63 bits per heavy atom. The maximum Gasteiger partial charge on any atom is -1.00 e. The van der Waals surface area contributed by atoms with Gasteiger partial charge < -0.3 is 37.2 Å². The summed E-state index contributed by atoms with van der Waals surface area (Å²) in [6, 6.07) is 22.2. The minimum absolute atomic E-state index is 0. The number of hydrogen-bond donors (Lipinski definition) is 0. The molecule has 1 aliphatic rings. The van der Waals surface area contributed by atoms with E-state index in [1.807, 2.05) is 0 Å². The minimum atomic E-state index is -0.159. The van der Waals surface area contributed by atoms with E-state index in [0.29, 0.717) is 5.92 Å². The van der Waals surface area contributed by atoms with Crippen LogP contribution >= 0.6 is 0 Å². The zero-order chi connectivity index (χ0) is 19.7. The summed E-state index contributed by atoms with van der Waals surface area (Å²) in [5.41, 5.74) is 4.11. The Kier molecular flexibility index (Phi) is 11.2. The van der Waals surface area contributed by atoms with E-state index in [-0.39, 0.29) is 51.8 Å². The van der Waals surface area contributed by atoms with Gasteiger partial charge in [-0.05, 0) is 0 Å². The second-order valence-corrected chi connectivity index (χ2v) is 10.2. The van der Waals surface area contributed by atoms with E-state index in [2.05, 4.69) is 134 Å². The first-order valence-corrected chi connectivity index (χ1v) is 10.8. The molecule has 1 aliphatic carbocycles. The predicted molar refractivity (Wildman–Crippen MR) is 112 cm³/mol. The topological polar surface area (TPSA) is 0 Å². The first-order valence-electron chi connectivity index (χ1n) is 10.0. The third-order valence-electron chi connectivity index (χ3n) is 6.27. The molecule has 2 aromatic carbocycles. The van der Waals surface area contributed by atoms with E-state index >= 15 is 0 Å². The predicted octanol–water partition coefficient (Wildman–Crippen LogP) is -1.72.